The largest absolute Gasteiger partial charge is 0.396 e. The predicted octanol–water partition coefficient (Wildman–Crippen LogP) is 3.90. The fourth-order valence-corrected chi connectivity index (χ4v) is 8.76. The van der Waals surface area contributed by atoms with Gasteiger partial charge < -0.3 is 24.4 Å². The molecule has 4 aliphatic carbocycles. The number of ether oxygens (including phenoxy) is 3. The van der Waals surface area contributed by atoms with Crippen molar-refractivity contribution in [3.63, 3.8) is 0 Å². The molecule has 0 aromatic rings. The van der Waals surface area contributed by atoms with E-state index < -0.39 is 11.9 Å². The average molecular weight is 423 g/mol. The molecule has 30 heavy (non-hydrogen) atoms. The molecule has 0 aromatic heterocycles. The molecule has 1 heterocycles. The molecule has 0 aromatic carbocycles. The SMILES string of the molecule is C[C@@]12CCC[C@H]1[C@@H]1CCC3CC(OCCCO)C(O)(C4OCCO4)C[C@]3(C)[C@@H]1CC2. The minimum Gasteiger partial charge on any atom is -0.396 e. The third-order valence-electron chi connectivity index (χ3n) is 10.2. The number of hydrogen-bond donors (Lipinski definition) is 2. The highest BCUT2D eigenvalue weighted by Crippen LogP contribution is 2.67. The van der Waals surface area contributed by atoms with Crippen molar-refractivity contribution in [2.24, 2.45) is 34.5 Å². The fourth-order valence-electron chi connectivity index (χ4n) is 8.76. The van der Waals surface area contributed by atoms with Gasteiger partial charge >= 0.3 is 0 Å². The lowest BCUT2D eigenvalue weighted by Crippen LogP contribution is -2.65. The first kappa shape index (κ1) is 21.6. The molecule has 5 rings (SSSR count). The van der Waals surface area contributed by atoms with Crippen LogP contribution in [-0.4, -0.2) is 54.6 Å². The van der Waals surface area contributed by atoms with Gasteiger partial charge in [0.2, 0.25) is 0 Å². The van der Waals surface area contributed by atoms with E-state index in [9.17, 15) is 10.2 Å². The summed E-state index contributed by atoms with van der Waals surface area (Å²) in [5.74, 6) is 2.97. The molecule has 5 fully saturated rings. The maximum atomic E-state index is 12.0. The van der Waals surface area contributed by atoms with Crippen molar-refractivity contribution in [2.45, 2.75) is 96.1 Å². The number of fused-ring (bicyclic) bond motifs is 5. The van der Waals surface area contributed by atoms with Gasteiger partial charge in [0.05, 0.1) is 19.3 Å². The quantitative estimate of drug-likeness (QED) is 0.658. The van der Waals surface area contributed by atoms with Crippen LogP contribution in [0.4, 0.5) is 0 Å². The van der Waals surface area contributed by atoms with E-state index in [0.29, 0.717) is 49.9 Å². The predicted molar refractivity (Wildman–Crippen MR) is 114 cm³/mol. The van der Waals surface area contributed by atoms with Crippen LogP contribution in [0.5, 0.6) is 0 Å². The molecule has 8 atom stereocenters. The second-order valence-corrected chi connectivity index (χ2v) is 11.7. The zero-order chi connectivity index (χ0) is 21.0. The van der Waals surface area contributed by atoms with Crippen molar-refractivity contribution in [1.29, 1.82) is 0 Å². The van der Waals surface area contributed by atoms with Crippen LogP contribution in [-0.2, 0) is 14.2 Å². The van der Waals surface area contributed by atoms with Crippen LogP contribution < -0.4 is 0 Å². The van der Waals surface area contributed by atoms with Gasteiger partial charge in [-0.1, -0.05) is 20.3 Å². The van der Waals surface area contributed by atoms with Crippen molar-refractivity contribution in [3.05, 3.63) is 0 Å². The average Bonchev–Trinajstić information content (AvgIpc) is 3.38. The first-order valence-electron chi connectivity index (χ1n) is 12.6. The highest BCUT2D eigenvalue weighted by molar-refractivity contribution is 5.12. The highest BCUT2D eigenvalue weighted by Gasteiger charge is 2.64. The van der Waals surface area contributed by atoms with E-state index in [-0.39, 0.29) is 18.1 Å². The summed E-state index contributed by atoms with van der Waals surface area (Å²) >= 11 is 0. The van der Waals surface area contributed by atoms with Gasteiger partial charge in [-0.2, -0.15) is 0 Å². The third kappa shape index (κ3) is 3.30. The molecule has 0 spiro atoms. The molecule has 5 aliphatic rings. The van der Waals surface area contributed by atoms with Gasteiger partial charge in [0.1, 0.15) is 5.60 Å². The van der Waals surface area contributed by atoms with Crippen LogP contribution in [0.25, 0.3) is 0 Å². The molecule has 3 unspecified atom stereocenters. The Balaban J connectivity index is 1.42. The maximum absolute atomic E-state index is 12.0. The van der Waals surface area contributed by atoms with Crippen molar-refractivity contribution in [2.75, 3.05) is 26.4 Å². The van der Waals surface area contributed by atoms with Gasteiger partial charge in [0.15, 0.2) is 6.29 Å². The molecule has 0 bridgehead atoms. The molecule has 0 amide bonds. The van der Waals surface area contributed by atoms with Crippen LogP contribution >= 0.6 is 0 Å². The van der Waals surface area contributed by atoms with Crippen molar-refractivity contribution in [3.8, 4) is 0 Å². The lowest BCUT2D eigenvalue weighted by molar-refractivity contribution is -0.281. The van der Waals surface area contributed by atoms with Crippen LogP contribution in [0.2, 0.25) is 0 Å². The summed E-state index contributed by atoms with van der Waals surface area (Å²) in [6, 6.07) is 0. The summed E-state index contributed by atoms with van der Waals surface area (Å²) in [6.07, 6.45) is 10.8. The Morgan fingerprint density at radius 1 is 1.00 bits per heavy atom. The molecule has 2 N–H and O–H groups in total. The second kappa shape index (κ2) is 7.98. The Hall–Kier alpha value is -0.200. The van der Waals surface area contributed by atoms with Crippen molar-refractivity contribution >= 4 is 0 Å². The smallest absolute Gasteiger partial charge is 0.189 e. The van der Waals surface area contributed by atoms with E-state index in [1.54, 1.807) is 0 Å². The zero-order valence-corrected chi connectivity index (χ0v) is 19.0. The second-order valence-electron chi connectivity index (χ2n) is 11.7. The van der Waals surface area contributed by atoms with Gasteiger partial charge in [-0.3, -0.25) is 0 Å². The molecule has 172 valence electrons. The number of aliphatic hydroxyl groups excluding tert-OH is 1. The zero-order valence-electron chi connectivity index (χ0n) is 19.0. The summed E-state index contributed by atoms with van der Waals surface area (Å²) < 4.78 is 17.9. The standard InChI is InChI=1S/C25H42O5/c1-23-9-3-5-19(23)18-7-6-17-15-21(28-12-4-11-26)25(27,22-29-13-14-30-22)16-24(17,2)20(18)8-10-23/h17-22,26-27H,3-16H2,1-2H3/t17?,18-,19-,20+,21?,23-,24-,25?/m0/s1. The number of rotatable bonds is 5. The molecular weight excluding hydrogens is 380 g/mol. The minimum absolute atomic E-state index is 0.118. The van der Waals surface area contributed by atoms with Gasteiger partial charge in [0.25, 0.3) is 0 Å². The highest BCUT2D eigenvalue weighted by atomic mass is 16.7. The first-order valence-corrected chi connectivity index (χ1v) is 12.6. The lowest BCUT2D eigenvalue weighted by atomic mass is 9.43. The van der Waals surface area contributed by atoms with Crippen molar-refractivity contribution < 1.29 is 24.4 Å². The molecule has 5 nitrogen and oxygen atoms in total. The molecule has 4 saturated carbocycles. The van der Waals surface area contributed by atoms with Gasteiger partial charge in [-0.25, -0.2) is 0 Å². The summed E-state index contributed by atoms with van der Waals surface area (Å²) in [5.41, 5.74) is -0.424. The Bertz CT molecular complexity index is 621. The van der Waals surface area contributed by atoms with Crippen LogP contribution in [0.3, 0.4) is 0 Å². The van der Waals surface area contributed by atoms with Crippen LogP contribution in [0.15, 0.2) is 0 Å². The summed E-state index contributed by atoms with van der Waals surface area (Å²) in [7, 11) is 0. The van der Waals surface area contributed by atoms with Crippen molar-refractivity contribution in [1.82, 2.24) is 0 Å². The van der Waals surface area contributed by atoms with Crippen LogP contribution in [0, 0.1) is 34.5 Å². The fraction of sp³-hybridized carbons (Fsp3) is 1.00. The molecule has 0 radical (unpaired) electrons. The third-order valence-corrected chi connectivity index (χ3v) is 10.2. The summed E-state index contributed by atoms with van der Waals surface area (Å²) in [4.78, 5) is 0. The number of aliphatic hydroxyl groups is 2. The lowest BCUT2D eigenvalue weighted by Gasteiger charge is -2.63. The summed E-state index contributed by atoms with van der Waals surface area (Å²) in [6.45, 7) is 6.71. The van der Waals surface area contributed by atoms with Gasteiger partial charge in [0, 0.05) is 13.2 Å². The number of hydrogen-bond acceptors (Lipinski definition) is 5. The normalized spacial score (nSPS) is 51.4. The molecule has 1 saturated heterocycles. The van der Waals surface area contributed by atoms with Gasteiger partial charge in [-0.05, 0) is 92.3 Å². The Kier molecular flexibility index (Phi) is 5.76. The molecular formula is C25H42O5. The Labute approximate surface area is 181 Å². The van der Waals surface area contributed by atoms with Crippen LogP contribution in [0.1, 0.15) is 78.1 Å². The monoisotopic (exact) mass is 422 g/mol. The van der Waals surface area contributed by atoms with E-state index in [1.165, 1.54) is 44.9 Å². The van der Waals surface area contributed by atoms with E-state index in [1.807, 2.05) is 0 Å². The Morgan fingerprint density at radius 2 is 1.80 bits per heavy atom. The van der Waals surface area contributed by atoms with E-state index in [0.717, 1.165) is 18.3 Å². The van der Waals surface area contributed by atoms with E-state index >= 15 is 0 Å². The maximum Gasteiger partial charge on any atom is 0.189 e. The topological polar surface area (TPSA) is 68.2 Å². The molecule has 5 heteroatoms. The Morgan fingerprint density at radius 3 is 2.57 bits per heavy atom. The van der Waals surface area contributed by atoms with E-state index in [2.05, 4.69) is 13.8 Å². The molecule has 1 aliphatic heterocycles. The van der Waals surface area contributed by atoms with E-state index in [4.69, 9.17) is 14.2 Å². The minimum atomic E-state index is -1.10. The first-order chi connectivity index (χ1) is 14.4. The van der Waals surface area contributed by atoms with Gasteiger partial charge in [-0.15, -0.1) is 0 Å². The summed E-state index contributed by atoms with van der Waals surface area (Å²) in [5, 5.41) is 21.2.